The molecule has 1 aliphatic rings. The van der Waals surface area contributed by atoms with Crippen LogP contribution in [0.2, 0.25) is 0 Å². The Labute approximate surface area is 154 Å². The number of benzene rings is 2. The highest BCUT2D eigenvalue weighted by molar-refractivity contribution is 5.96. The first-order valence-corrected chi connectivity index (χ1v) is 9.02. The Bertz CT molecular complexity index is 791. The summed E-state index contributed by atoms with van der Waals surface area (Å²) in [7, 11) is 0. The van der Waals surface area contributed by atoms with Gasteiger partial charge in [-0.05, 0) is 43.0 Å². The zero-order valence-electron chi connectivity index (χ0n) is 15.0. The Kier molecular flexibility index (Phi) is 5.84. The normalized spacial score (nSPS) is 15.2. The molecule has 2 amide bonds. The third-order valence-electron chi connectivity index (χ3n) is 4.75. The van der Waals surface area contributed by atoms with Crippen LogP contribution in [0.5, 0.6) is 0 Å². The number of nitrogens with zero attached hydrogens (tertiary/aromatic N) is 1. The fourth-order valence-corrected chi connectivity index (χ4v) is 3.17. The third kappa shape index (κ3) is 4.60. The molecule has 0 bridgehead atoms. The molecule has 1 aliphatic heterocycles. The quantitative estimate of drug-likeness (QED) is 0.861. The number of piperidine rings is 1. The van der Waals surface area contributed by atoms with E-state index in [2.05, 4.69) is 5.32 Å². The van der Waals surface area contributed by atoms with Gasteiger partial charge in [-0.1, -0.05) is 48.5 Å². The van der Waals surface area contributed by atoms with Crippen molar-refractivity contribution in [2.45, 2.75) is 25.8 Å². The molecule has 0 aliphatic carbocycles. The molecule has 0 atom stereocenters. The van der Waals surface area contributed by atoms with Gasteiger partial charge in [0.2, 0.25) is 5.91 Å². The van der Waals surface area contributed by atoms with Crippen molar-refractivity contribution in [2.24, 2.45) is 0 Å². The van der Waals surface area contributed by atoms with Crippen LogP contribution in [0.4, 0.5) is 0 Å². The van der Waals surface area contributed by atoms with Crippen LogP contribution < -0.4 is 5.32 Å². The van der Waals surface area contributed by atoms with Gasteiger partial charge in [0.25, 0.3) is 5.91 Å². The molecule has 0 spiro atoms. The van der Waals surface area contributed by atoms with Crippen LogP contribution >= 0.6 is 0 Å². The van der Waals surface area contributed by atoms with Crippen molar-refractivity contribution < 1.29 is 9.59 Å². The van der Waals surface area contributed by atoms with Crippen LogP contribution in [0.25, 0.3) is 6.08 Å². The molecule has 3 rings (SSSR count). The van der Waals surface area contributed by atoms with Crippen LogP contribution in [-0.2, 0) is 4.79 Å². The second kappa shape index (κ2) is 8.48. The van der Waals surface area contributed by atoms with Gasteiger partial charge in [0.1, 0.15) is 0 Å². The molecule has 2 aromatic carbocycles. The average Bonchev–Trinajstić information content (AvgIpc) is 2.68. The first-order valence-electron chi connectivity index (χ1n) is 9.02. The second-order valence-corrected chi connectivity index (χ2v) is 6.63. The van der Waals surface area contributed by atoms with Crippen molar-refractivity contribution in [3.05, 3.63) is 77.4 Å². The lowest BCUT2D eigenvalue weighted by Crippen LogP contribution is -2.46. The van der Waals surface area contributed by atoms with Gasteiger partial charge in [0.05, 0.1) is 0 Å². The molecular weight excluding hydrogens is 324 g/mol. The molecule has 1 N–H and O–H groups in total. The monoisotopic (exact) mass is 348 g/mol. The van der Waals surface area contributed by atoms with Crippen LogP contribution in [0.1, 0.15) is 34.3 Å². The van der Waals surface area contributed by atoms with Crippen molar-refractivity contribution in [1.29, 1.82) is 0 Å². The van der Waals surface area contributed by atoms with Crippen molar-refractivity contribution in [3.63, 3.8) is 0 Å². The zero-order chi connectivity index (χ0) is 18.4. The molecule has 0 unspecified atom stereocenters. The molecule has 134 valence electrons. The molecule has 4 nitrogen and oxygen atoms in total. The summed E-state index contributed by atoms with van der Waals surface area (Å²) in [6.07, 6.45) is 5.03. The summed E-state index contributed by atoms with van der Waals surface area (Å²) in [6, 6.07) is 17.5. The minimum Gasteiger partial charge on any atom is -0.349 e. The fraction of sp³-hybridized carbons (Fsp3) is 0.273. The standard InChI is InChI=1S/C22H24N2O2/c1-17-7-5-6-10-20(17)22(26)23-19-13-15-24(16-14-19)21(25)12-11-18-8-3-2-4-9-18/h2-12,19H,13-16H2,1H3,(H,23,26)/b12-11+. The molecule has 1 saturated heterocycles. The summed E-state index contributed by atoms with van der Waals surface area (Å²) in [6.45, 7) is 3.27. The zero-order valence-corrected chi connectivity index (χ0v) is 15.0. The smallest absolute Gasteiger partial charge is 0.251 e. The maximum absolute atomic E-state index is 12.4. The van der Waals surface area contributed by atoms with E-state index in [0.717, 1.165) is 29.5 Å². The summed E-state index contributed by atoms with van der Waals surface area (Å²) in [4.78, 5) is 26.6. The Balaban J connectivity index is 1.49. The van der Waals surface area contributed by atoms with E-state index >= 15 is 0 Å². The van der Waals surface area contributed by atoms with Crippen LogP contribution in [0.15, 0.2) is 60.7 Å². The van der Waals surface area contributed by atoms with E-state index < -0.39 is 0 Å². The summed E-state index contributed by atoms with van der Waals surface area (Å²) in [5.41, 5.74) is 2.71. The number of nitrogens with one attached hydrogen (secondary N) is 1. The van der Waals surface area contributed by atoms with Crippen molar-refractivity contribution in [3.8, 4) is 0 Å². The largest absolute Gasteiger partial charge is 0.349 e. The molecule has 1 fully saturated rings. The lowest BCUT2D eigenvalue weighted by atomic mass is 10.0. The van der Waals surface area contributed by atoms with E-state index in [1.54, 1.807) is 6.08 Å². The highest BCUT2D eigenvalue weighted by Gasteiger charge is 2.23. The summed E-state index contributed by atoms with van der Waals surface area (Å²) < 4.78 is 0. The minimum atomic E-state index is -0.0307. The molecule has 0 aromatic heterocycles. The number of hydrogen-bond acceptors (Lipinski definition) is 2. The molecule has 0 radical (unpaired) electrons. The van der Waals surface area contributed by atoms with Gasteiger partial charge in [-0.15, -0.1) is 0 Å². The van der Waals surface area contributed by atoms with Crippen molar-refractivity contribution in [2.75, 3.05) is 13.1 Å². The number of carbonyl (C=O) groups excluding carboxylic acids is 2. The SMILES string of the molecule is Cc1ccccc1C(=O)NC1CCN(C(=O)/C=C/c2ccccc2)CC1. The predicted molar refractivity (Wildman–Crippen MR) is 104 cm³/mol. The molecule has 0 saturated carbocycles. The van der Waals surface area contributed by atoms with E-state index in [9.17, 15) is 9.59 Å². The first-order chi connectivity index (χ1) is 12.6. The molecule has 1 heterocycles. The first kappa shape index (κ1) is 17.9. The number of carbonyl (C=O) groups is 2. The van der Waals surface area contributed by atoms with Crippen LogP contribution in [0, 0.1) is 6.92 Å². The van der Waals surface area contributed by atoms with E-state index in [-0.39, 0.29) is 17.9 Å². The van der Waals surface area contributed by atoms with Crippen LogP contribution in [0.3, 0.4) is 0 Å². The third-order valence-corrected chi connectivity index (χ3v) is 4.75. The molecule has 4 heteroatoms. The van der Waals surface area contributed by atoms with Gasteiger partial charge in [0.15, 0.2) is 0 Å². The van der Waals surface area contributed by atoms with E-state index in [4.69, 9.17) is 0 Å². The van der Waals surface area contributed by atoms with Gasteiger partial charge >= 0.3 is 0 Å². The molecule has 2 aromatic rings. The predicted octanol–water partition coefficient (Wildman–Crippen LogP) is 3.43. The number of aryl methyl sites for hydroxylation is 1. The number of hydrogen-bond donors (Lipinski definition) is 1. The van der Waals surface area contributed by atoms with Gasteiger partial charge in [-0.2, -0.15) is 0 Å². The maximum atomic E-state index is 12.4. The van der Waals surface area contributed by atoms with Gasteiger partial charge in [-0.3, -0.25) is 9.59 Å². The molecular formula is C22H24N2O2. The highest BCUT2D eigenvalue weighted by atomic mass is 16.2. The second-order valence-electron chi connectivity index (χ2n) is 6.63. The van der Waals surface area contributed by atoms with E-state index in [1.807, 2.05) is 72.5 Å². The maximum Gasteiger partial charge on any atom is 0.251 e. The minimum absolute atomic E-state index is 0.0255. The van der Waals surface area contributed by atoms with E-state index in [1.165, 1.54) is 0 Å². The summed E-state index contributed by atoms with van der Waals surface area (Å²) in [5.74, 6) is -0.00520. The van der Waals surface area contributed by atoms with E-state index in [0.29, 0.717) is 13.1 Å². The lowest BCUT2D eigenvalue weighted by molar-refractivity contribution is -0.126. The lowest BCUT2D eigenvalue weighted by Gasteiger charge is -2.31. The molecule has 26 heavy (non-hydrogen) atoms. The van der Waals surface area contributed by atoms with Gasteiger partial charge in [0, 0.05) is 30.8 Å². The van der Waals surface area contributed by atoms with Crippen LogP contribution in [-0.4, -0.2) is 35.8 Å². The Morgan fingerprint density at radius 3 is 2.35 bits per heavy atom. The van der Waals surface area contributed by atoms with Gasteiger partial charge < -0.3 is 10.2 Å². The van der Waals surface area contributed by atoms with Crippen molar-refractivity contribution >= 4 is 17.9 Å². The number of rotatable bonds is 4. The number of amides is 2. The van der Waals surface area contributed by atoms with Crippen molar-refractivity contribution in [1.82, 2.24) is 10.2 Å². The number of likely N-dealkylation sites (tertiary alicyclic amines) is 1. The fourth-order valence-electron chi connectivity index (χ4n) is 3.17. The summed E-state index contributed by atoms with van der Waals surface area (Å²) >= 11 is 0. The average molecular weight is 348 g/mol. The Hall–Kier alpha value is -2.88. The highest BCUT2D eigenvalue weighted by Crippen LogP contribution is 2.14. The van der Waals surface area contributed by atoms with Gasteiger partial charge in [-0.25, -0.2) is 0 Å². The topological polar surface area (TPSA) is 49.4 Å². The summed E-state index contributed by atoms with van der Waals surface area (Å²) in [5, 5.41) is 3.10. The Morgan fingerprint density at radius 1 is 1.00 bits per heavy atom. The Morgan fingerprint density at radius 2 is 1.65 bits per heavy atom.